The number of benzene rings is 1. The van der Waals surface area contributed by atoms with Crippen molar-refractivity contribution in [1.82, 2.24) is 15.1 Å². The lowest BCUT2D eigenvalue weighted by Crippen LogP contribution is -2.30. The Bertz CT molecular complexity index is 727. The zero-order chi connectivity index (χ0) is 18.1. The van der Waals surface area contributed by atoms with Gasteiger partial charge in [-0.05, 0) is 19.1 Å². The number of anilines is 1. The third-order valence-electron chi connectivity index (χ3n) is 3.19. The Balaban J connectivity index is 1.78. The quantitative estimate of drug-likeness (QED) is 0.701. The monoisotopic (exact) mass is 344 g/mol. The fourth-order valence-corrected chi connectivity index (χ4v) is 2.05. The second-order valence-corrected chi connectivity index (χ2v) is 5.15. The molecule has 1 aromatic heterocycles. The number of carbonyl (C=O) groups is 3. The van der Waals surface area contributed by atoms with Crippen LogP contribution in [0.2, 0.25) is 0 Å². The van der Waals surface area contributed by atoms with Gasteiger partial charge in [0.25, 0.3) is 5.91 Å². The molecule has 0 saturated carbocycles. The second kappa shape index (κ2) is 9.21. The number of hydrogen-bond donors (Lipinski definition) is 2. The van der Waals surface area contributed by atoms with Crippen molar-refractivity contribution in [3.05, 3.63) is 48.3 Å². The van der Waals surface area contributed by atoms with Crippen LogP contribution in [0, 0.1) is 0 Å². The molecular formula is C17H20N4O4. The van der Waals surface area contributed by atoms with Crippen molar-refractivity contribution in [2.24, 2.45) is 0 Å². The first kappa shape index (κ1) is 18.2. The molecule has 132 valence electrons. The van der Waals surface area contributed by atoms with Crippen molar-refractivity contribution in [2.75, 3.05) is 18.5 Å². The lowest BCUT2D eigenvalue weighted by atomic mass is 10.2. The SMILES string of the molecule is CCOC(=O)CCNC(=O)Cn1cc(NC(=O)c2ccccc2)cn1. The van der Waals surface area contributed by atoms with E-state index in [-0.39, 0.29) is 37.3 Å². The minimum absolute atomic E-state index is 0.00989. The third kappa shape index (κ3) is 6.09. The van der Waals surface area contributed by atoms with Crippen LogP contribution in [0.25, 0.3) is 0 Å². The van der Waals surface area contributed by atoms with Gasteiger partial charge in [0.1, 0.15) is 6.54 Å². The van der Waals surface area contributed by atoms with Crippen molar-refractivity contribution in [3.8, 4) is 0 Å². The predicted octanol–water partition coefficient (Wildman–Crippen LogP) is 1.20. The highest BCUT2D eigenvalue weighted by atomic mass is 16.5. The molecule has 25 heavy (non-hydrogen) atoms. The Hall–Kier alpha value is -3.16. The fourth-order valence-electron chi connectivity index (χ4n) is 2.05. The first-order chi connectivity index (χ1) is 12.1. The molecule has 0 unspecified atom stereocenters. The fraction of sp³-hybridized carbons (Fsp3) is 0.294. The van der Waals surface area contributed by atoms with Crippen LogP contribution in [0.15, 0.2) is 42.7 Å². The van der Waals surface area contributed by atoms with Crippen molar-refractivity contribution in [1.29, 1.82) is 0 Å². The number of esters is 1. The van der Waals surface area contributed by atoms with Crippen LogP contribution in [0.4, 0.5) is 5.69 Å². The molecule has 0 fully saturated rings. The van der Waals surface area contributed by atoms with E-state index in [0.29, 0.717) is 17.9 Å². The summed E-state index contributed by atoms with van der Waals surface area (Å²) in [6.07, 6.45) is 3.15. The van der Waals surface area contributed by atoms with E-state index in [1.807, 2.05) is 6.07 Å². The topological polar surface area (TPSA) is 102 Å². The van der Waals surface area contributed by atoms with Gasteiger partial charge in [0.2, 0.25) is 5.91 Å². The number of hydrogen-bond acceptors (Lipinski definition) is 5. The van der Waals surface area contributed by atoms with E-state index < -0.39 is 0 Å². The molecule has 0 atom stereocenters. The van der Waals surface area contributed by atoms with E-state index in [1.54, 1.807) is 37.4 Å². The van der Waals surface area contributed by atoms with Gasteiger partial charge in [-0.25, -0.2) is 0 Å². The Labute approximate surface area is 145 Å². The van der Waals surface area contributed by atoms with Crippen LogP contribution >= 0.6 is 0 Å². The Morgan fingerprint density at radius 1 is 1.20 bits per heavy atom. The highest BCUT2D eigenvalue weighted by Crippen LogP contribution is 2.08. The lowest BCUT2D eigenvalue weighted by Gasteiger charge is -2.05. The summed E-state index contributed by atoms with van der Waals surface area (Å²) in [4.78, 5) is 35.0. The molecule has 1 heterocycles. The smallest absolute Gasteiger partial charge is 0.307 e. The van der Waals surface area contributed by atoms with Crippen molar-refractivity contribution >= 4 is 23.5 Å². The molecule has 8 heteroatoms. The van der Waals surface area contributed by atoms with E-state index in [4.69, 9.17) is 4.74 Å². The third-order valence-corrected chi connectivity index (χ3v) is 3.19. The minimum Gasteiger partial charge on any atom is -0.466 e. The van der Waals surface area contributed by atoms with Gasteiger partial charge in [-0.1, -0.05) is 18.2 Å². The van der Waals surface area contributed by atoms with Crippen LogP contribution in [0.3, 0.4) is 0 Å². The Morgan fingerprint density at radius 3 is 2.68 bits per heavy atom. The molecule has 0 aliphatic rings. The summed E-state index contributed by atoms with van der Waals surface area (Å²) in [5, 5.41) is 9.34. The highest BCUT2D eigenvalue weighted by Gasteiger charge is 2.09. The van der Waals surface area contributed by atoms with Gasteiger partial charge in [-0.15, -0.1) is 0 Å². The Morgan fingerprint density at radius 2 is 1.96 bits per heavy atom. The minimum atomic E-state index is -0.354. The maximum atomic E-state index is 12.0. The number of amides is 2. The number of aromatic nitrogens is 2. The standard InChI is InChI=1S/C17H20N4O4/c1-2-25-16(23)8-9-18-15(22)12-21-11-14(10-19-21)20-17(24)13-6-4-3-5-7-13/h3-7,10-11H,2,8-9,12H2,1H3,(H,18,22)(H,20,24). The van der Waals surface area contributed by atoms with Crippen molar-refractivity contribution in [3.63, 3.8) is 0 Å². The van der Waals surface area contributed by atoms with Crippen LogP contribution in [0.5, 0.6) is 0 Å². The maximum absolute atomic E-state index is 12.0. The van der Waals surface area contributed by atoms with Crippen LogP contribution in [-0.4, -0.2) is 40.7 Å². The van der Waals surface area contributed by atoms with Crippen molar-refractivity contribution < 1.29 is 19.1 Å². The predicted molar refractivity (Wildman–Crippen MR) is 90.9 cm³/mol. The molecule has 0 aliphatic carbocycles. The molecule has 2 amide bonds. The number of nitrogens with zero attached hydrogens (tertiary/aromatic N) is 2. The average Bonchev–Trinajstić information content (AvgIpc) is 3.02. The highest BCUT2D eigenvalue weighted by molar-refractivity contribution is 6.04. The van der Waals surface area contributed by atoms with Gasteiger partial charge >= 0.3 is 5.97 Å². The number of ether oxygens (including phenoxy) is 1. The zero-order valence-corrected chi connectivity index (χ0v) is 13.9. The lowest BCUT2D eigenvalue weighted by molar-refractivity contribution is -0.143. The molecule has 0 saturated heterocycles. The molecule has 1 aromatic carbocycles. The largest absolute Gasteiger partial charge is 0.466 e. The molecule has 0 radical (unpaired) electrons. The van der Waals surface area contributed by atoms with E-state index in [2.05, 4.69) is 15.7 Å². The average molecular weight is 344 g/mol. The first-order valence-corrected chi connectivity index (χ1v) is 7.89. The number of carbonyl (C=O) groups excluding carboxylic acids is 3. The van der Waals surface area contributed by atoms with E-state index in [0.717, 1.165) is 0 Å². The van der Waals surface area contributed by atoms with Crippen LogP contribution in [0.1, 0.15) is 23.7 Å². The second-order valence-electron chi connectivity index (χ2n) is 5.15. The maximum Gasteiger partial charge on any atom is 0.307 e. The molecule has 0 bridgehead atoms. The normalized spacial score (nSPS) is 10.1. The molecule has 2 N–H and O–H groups in total. The molecule has 0 spiro atoms. The summed E-state index contributed by atoms with van der Waals surface area (Å²) < 4.78 is 6.17. The molecule has 8 nitrogen and oxygen atoms in total. The summed E-state index contributed by atoms with van der Waals surface area (Å²) >= 11 is 0. The van der Waals surface area contributed by atoms with Gasteiger partial charge in [-0.2, -0.15) is 5.10 Å². The summed E-state index contributed by atoms with van der Waals surface area (Å²) in [7, 11) is 0. The number of nitrogens with one attached hydrogen (secondary N) is 2. The molecule has 0 aliphatic heterocycles. The summed E-state index contributed by atoms with van der Waals surface area (Å²) in [6.45, 7) is 2.24. The summed E-state index contributed by atoms with van der Waals surface area (Å²) in [6, 6.07) is 8.79. The summed E-state index contributed by atoms with van der Waals surface area (Å²) in [5.74, 6) is -0.889. The van der Waals surface area contributed by atoms with Gasteiger partial charge in [-0.3, -0.25) is 19.1 Å². The molecular weight excluding hydrogens is 324 g/mol. The van der Waals surface area contributed by atoms with E-state index >= 15 is 0 Å². The Kier molecular flexibility index (Phi) is 6.70. The number of rotatable bonds is 8. The van der Waals surface area contributed by atoms with E-state index in [1.165, 1.54) is 10.9 Å². The van der Waals surface area contributed by atoms with Crippen molar-refractivity contribution in [2.45, 2.75) is 19.9 Å². The first-order valence-electron chi connectivity index (χ1n) is 7.89. The zero-order valence-electron chi connectivity index (χ0n) is 13.9. The molecule has 2 rings (SSSR count). The van der Waals surface area contributed by atoms with Crippen LogP contribution < -0.4 is 10.6 Å². The van der Waals surface area contributed by atoms with Gasteiger partial charge in [0.15, 0.2) is 0 Å². The van der Waals surface area contributed by atoms with E-state index in [9.17, 15) is 14.4 Å². The van der Waals surface area contributed by atoms with Gasteiger partial charge in [0, 0.05) is 18.3 Å². The van der Waals surface area contributed by atoms with Gasteiger partial charge in [0.05, 0.1) is 24.9 Å². The summed E-state index contributed by atoms with van der Waals surface area (Å²) in [5.41, 5.74) is 1.03. The molecule has 2 aromatic rings. The van der Waals surface area contributed by atoms with Crippen LogP contribution in [-0.2, 0) is 20.9 Å². The van der Waals surface area contributed by atoms with Gasteiger partial charge < -0.3 is 15.4 Å².